The summed E-state index contributed by atoms with van der Waals surface area (Å²) in [6, 6.07) is 3.33. The maximum Gasteiger partial charge on any atom is 0.407 e. The van der Waals surface area contributed by atoms with Gasteiger partial charge in [-0.15, -0.1) is 0 Å². The summed E-state index contributed by atoms with van der Waals surface area (Å²) in [5, 5.41) is 6.26. The number of guanidine groups is 1. The molecule has 2 N–H and O–H groups in total. The van der Waals surface area contributed by atoms with Crippen LogP contribution in [0.5, 0.6) is 0 Å². The molecular formula is C20H33N5O4. The van der Waals surface area contributed by atoms with Crippen molar-refractivity contribution < 1.29 is 18.7 Å². The second-order valence-corrected chi connectivity index (χ2v) is 7.38. The van der Waals surface area contributed by atoms with Crippen molar-refractivity contribution in [3.05, 3.63) is 24.2 Å². The highest BCUT2D eigenvalue weighted by Crippen LogP contribution is 2.10. The number of hydrogen-bond donors (Lipinski definition) is 2. The average Bonchev–Trinajstić information content (AvgIpc) is 3.23. The van der Waals surface area contributed by atoms with Crippen molar-refractivity contribution in [2.75, 3.05) is 46.4 Å². The van der Waals surface area contributed by atoms with Crippen LogP contribution in [0.4, 0.5) is 4.79 Å². The Morgan fingerprint density at radius 3 is 2.48 bits per heavy atom. The zero-order valence-corrected chi connectivity index (χ0v) is 17.8. The number of nitrogens with zero attached hydrogens (tertiary/aromatic N) is 3. The molecule has 0 radical (unpaired) electrons. The predicted molar refractivity (Wildman–Crippen MR) is 111 cm³/mol. The Kier molecular flexibility index (Phi) is 8.82. The maximum atomic E-state index is 12.4. The van der Waals surface area contributed by atoms with E-state index in [0.29, 0.717) is 51.0 Å². The first-order valence-corrected chi connectivity index (χ1v) is 10.2. The van der Waals surface area contributed by atoms with Gasteiger partial charge in [-0.3, -0.25) is 9.79 Å². The number of amides is 2. The van der Waals surface area contributed by atoms with E-state index < -0.39 is 6.09 Å². The molecule has 9 heteroatoms. The molecule has 1 atom stereocenters. The van der Waals surface area contributed by atoms with Gasteiger partial charge < -0.3 is 29.6 Å². The van der Waals surface area contributed by atoms with Crippen molar-refractivity contribution in [1.82, 2.24) is 20.4 Å². The standard InChI is InChI=1S/C20H33N5O4/c1-5-28-20(27)23-16(13-15(2)3)14-22-19(21-4)25-10-8-24(9-11-25)18(26)17-7-6-12-29-17/h6-7,12,15-16H,5,8-11,13-14H2,1-4H3,(H,21,22)(H,23,27). The lowest BCUT2D eigenvalue weighted by molar-refractivity contribution is 0.0657. The monoisotopic (exact) mass is 407 g/mol. The van der Waals surface area contributed by atoms with E-state index in [2.05, 4.69) is 34.4 Å². The molecule has 2 heterocycles. The molecule has 0 aromatic carbocycles. The number of piperazine rings is 1. The van der Waals surface area contributed by atoms with Crippen LogP contribution >= 0.6 is 0 Å². The Labute approximate surface area is 172 Å². The van der Waals surface area contributed by atoms with E-state index in [1.165, 1.54) is 6.26 Å². The Bertz CT molecular complexity index is 666. The zero-order chi connectivity index (χ0) is 21.2. The molecule has 1 fully saturated rings. The fraction of sp³-hybridized carbons (Fsp3) is 0.650. The van der Waals surface area contributed by atoms with Gasteiger partial charge in [-0.25, -0.2) is 4.79 Å². The first-order chi connectivity index (χ1) is 13.9. The van der Waals surface area contributed by atoms with Gasteiger partial charge >= 0.3 is 6.09 Å². The van der Waals surface area contributed by atoms with Gasteiger partial charge in [0.05, 0.1) is 12.9 Å². The minimum absolute atomic E-state index is 0.0624. The van der Waals surface area contributed by atoms with Crippen molar-refractivity contribution in [2.24, 2.45) is 10.9 Å². The second-order valence-electron chi connectivity index (χ2n) is 7.38. The fourth-order valence-corrected chi connectivity index (χ4v) is 3.33. The van der Waals surface area contributed by atoms with Crippen molar-refractivity contribution in [2.45, 2.75) is 33.2 Å². The van der Waals surface area contributed by atoms with Crippen LogP contribution in [0.3, 0.4) is 0 Å². The minimum Gasteiger partial charge on any atom is -0.459 e. The molecule has 0 aliphatic carbocycles. The third-order valence-corrected chi connectivity index (χ3v) is 4.67. The smallest absolute Gasteiger partial charge is 0.407 e. The number of carbonyl (C=O) groups excluding carboxylic acids is 2. The molecule has 29 heavy (non-hydrogen) atoms. The third kappa shape index (κ3) is 6.99. The van der Waals surface area contributed by atoms with Gasteiger partial charge in [0, 0.05) is 45.8 Å². The van der Waals surface area contributed by atoms with Crippen molar-refractivity contribution >= 4 is 18.0 Å². The van der Waals surface area contributed by atoms with Crippen molar-refractivity contribution in [1.29, 1.82) is 0 Å². The number of aliphatic imine (C=N–C) groups is 1. The highest BCUT2D eigenvalue weighted by Gasteiger charge is 2.25. The molecule has 2 amide bonds. The number of hydrogen-bond acceptors (Lipinski definition) is 5. The number of rotatable bonds is 7. The second kappa shape index (κ2) is 11.3. The van der Waals surface area contributed by atoms with E-state index in [0.717, 1.165) is 12.4 Å². The molecule has 2 rings (SSSR count). The van der Waals surface area contributed by atoms with E-state index in [4.69, 9.17) is 9.15 Å². The molecule has 9 nitrogen and oxygen atoms in total. The summed E-state index contributed by atoms with van der Waals surface area (Å²) in [5.74, 6) is 1.46. The fourth-order valence-electron chi connectivity index (χ4n) is 3.33. The number of nitrogens with one attached hydrogen (secondary N) is 2. The van der Waals surface area contributed by atoms with E-state index in [1.54, 1.807) is 31.0 Å². The molecule has 1 aromatic rings. The van der Waals surface area contributed by atoms with Crippen LogP contribution in [0.25, 0.3) is 0 Å². The Morgan fingerprint density at radius 1 is 1.24 bits per heavy atom. The highest BCUT2D eigenvalue weighted by atomic mass is 16.5. The molecule has 1 unspecified atom stereocenters. The van der Waals surface area contributed by atoms with E-state index in [1.807, 2.05) is 0 Å². The average molecular weight is 408 g/mol. The van der Waals surface area contributed by atoms with E-state index in [9.17, 15) is 9.59 Å². The Morgan fingerprint density at radius 2 is 1.93 bits per heavy atom. The maximum absolute atomic E-state index is 12.4. The summed E-state index contributed by atoms with van der Waals surface area (Å²) in [5.41, 5.74) is 0. The van der Waals surface area contributed by atoms with Gasteiger partial charge in [0.1, 0.15) is 0 Å². The molecule has 0 spiro atoms. The molecule has 0 saturated carbocycles. The predicted octanol–water partition coefficient (Wildman–Crippen LogP) is 1.77. The molecule has 1 aromatic heterocycles. The van der Waals surface area contributed by atoms with Crippen LogP contribution in [0.2, 0.25) is 0 Å². The molecule has 0 bridgehead atoms. The summed E-state index contributed by atoms with van der Waals surface area (Å²) in [6.07, 6.45) is 1.93. The van der Waals surface area contributed by atoms with Gasteiger partial charge in [-0.2, -0.15) is 0 Å². The van der Waals surface area contributed by atoms with Gasteiger partial charge in [-0.05, 0) is 31.4 Å². The number of ether oxygens (including phenoxy) is 1. The summed E-state index contributed by atoms with van der Waals surface area (Å²) >= 11 is 0. The lowest BCUT2D eigenvalue weighted by Gasteiger charge is -2.36. The lowest BCUT2D eigenvalue weighted by atomic mass is 10.0. The summed E-state index contributed by atoms with van der Waals surface area (Å²) in [6.45, 7) is 9.44. The molecule has 1 aliphatic heterocycles. The third-order valence-electron chi connectivity index (χ3n) is 4.67. The van der Waals surface area contributed by atoms with Gasteiger partial charge in [0.25, 0.3) is 5.91 Å². The molecule has 1 aliphatic rings. The summed E-state index contributed by atoms with van der Waals surface area (Å²) < 4.78 is 10.2. The lowest BCUT2D eigenvalue weighted by Crippen LogP contribution is -2.55. The largest absolute Gasteiger partial charge is 0.459 e. The molecule has 162 valence electrons. The molecule has 1 saturated heterocycles. The zero-order valence-electron chi connectivity index (χ0n) is 17.8. The normalized spacial score (nSPS) is 16.0. The topological polar surface area (TPSA) is 99.4 Å². The first-order valence-electron chi connectivity index (χ1n) is 10.2. The number of alkyl carbamates (subject to hydrolysis) is 1. The van der Waals surface area contributed by atoms with Gasteiger partial charge in [0.2, 0.25) is 0 Å². The van der Waals surface area contributed by atoms with Crippen LogP contribution < -0.4 is 10.6 Å². The summed E-state index contributed by atoms with van der Waals surface area (Å²) in [4.78, 5) is 32.5. The van der Waals surface area contributed by atoms with Crippen molar-refractivity contribution in [3.8, 4) is 0 Å². The van der Waals surface area contributed by atoms with E-state index in [-0.39, 0.29) is 11.9 Å². The minimum atomic E-state index is -0.403. The number of carbonyl (C=O) groups is 2. The van der Waals surface area contributed by atoms with Gasteiger partial charge in [0.15, 0.2) is 11.7 Å². The van der Waals surface area contributed by atoms with Gasteiger partial charge in [-0.1, -0.05) is 13.8 Å². The van der Waals surface area contributed by atoms with Crippen LogP contribution in [0.1, 0.15) is 37.7 Å². The Hall–Kier alpha value is -2.71. The first kappa shape index (κ1) is 22.6. The van der Waals surface area contributed by atoms with Crippen LogP contribution in [-0.2, 0) is 4.74 Å². The highest BCUT2D eigenvalue weighted by molar-refractivity contribution is 5.91. The number of furan rings is 1. The van der Waals surface area contributed by atoms with Crippen molar-refractivity contribution in [3.63, 3.8) is 0 Å². The quantitative estimate of drug-likeness (QED) is 0.528. The van der Waals surface area contributed by atoms with Crippen LogP contribution in [-0.4, -0.2) is 80.2 Å². The van der Waals surface area contributed by atoms with E-state index >= 15 is 0 Å². The Balaban J connectivity index is 1.85. The molecular weight excluding hydrogens is 374 g/mol. The van der Waals surface area contributed by atoms with Crippen LogP contribution in [0, 0.1) is 5.92 Å². The van der Waals surface area contributed by atoms with Crippen LogP contribution in [0.15, 0.2) is 27.8 Å². The SMILES string of the molecule is CCOC(=O)NC(CNC(=NC)N1CCN(C(=O)c2ccco2)CC1)CC(C)C. The summed E-state index contributed by atoms with van der Waals surface area (Å²) in [7, 11) is 1.74.